The van der Waals surface area contributed by atoms with E-state index < -0.39 is 0 Å². The minimum atomic E-state index is 0.0542. The van der Waals surface area contributed by atoms with Gasteiger partial charge >= 0.3 is 0 Å². The van der Waals surface area contributed by atoms with Gasteiger partial charge in [-0.15, -0.1) is 0 Å². The zero-order valence-corrected chi connectivity index (χ0v) is 13.7. The Bertz CT molecular complexity index is 659. The second kappa shape index (κ2) is 6.13. The van der Waals surface area contributed by atoms with Crippen LogP contribution in [0.5, 0.6) is 0 Å². The van der Waals surface area contributed by atoms with Crippen molar-refractivity contribution in [1.29, 1.82) is 0 Å². The minimum Gasteiger partial charge on any atom is -0.329 e. The lowest BCUT2D eigenvalue weighted by molar-refractivity contribution is 0.0674. The van der Waals surface area contributed by atoms with Crippen LogP contribution in [0, 0.1) is 6.92 Å². The molecule has 2 aromatic rings. The van der Waals surface area contributed by atoms with Crippen LogP contribution in [-0.2, 0) is 0 Å². The summed E-state index contributed by atoms with van der Waals surface area (Å²) in [5, 5.41) is 0.721. The number of aryl methyl sites for hydroxylation is 1. The molecule has 22 heavy (non-hydrogen) atoms. The van der Waals surface area contributed by atoms with E-state index in [1.807, 2.05) is 60.4 Å². The monoisotopic (exact) mass is 313 g/mol. The number of rotatable bonds is 4. The number of amides is 1. The fourth-order valence-electron chi connectivity index (χ4n) is 2.76. The van der Waals surface area contributed by atoms with Crippen molar-refractivity contribution in [2.24, 2.45) is 0 Å². The maximum Gasteiger partial charge on any atom is 0.254 e. The number of nitrogens with zero attached hydrogens (tertiary/aromatic N) is 1. The Morgan fingerprint density at radius 3 is 2.23 bits per heavy atom. The van der Waals surface area contributed by atoms with Crippen molar-refractivity contribution in [3.05, 3.63) is 70.2 Å². The zero-order chi connectivity index (χ0) is 15.7. The summed E-state index contributed by atoms with van der Waals surface area (Å²) >= 11 is 5.96. The van der Waals surface area contributed by atoms with Gasteiger partial charge in [0.05, 0.1) is 6.04 Å². The Morgan fingerprint density at radius 1 is 1.09 bits per heavy atom. The minimum absolute atomic E-state index is 0.0542. The number of carbonyl (C=O) groups is 1. The van der Waals surface area contributed by atoms with E-state index in [0.717, 1.165) is 29.0 Å². The molecule has 1 fully saturated rings. The molecular formula is C19H20ClNO. The topological polar surface area (TPSA) is 20.3 Å². The average Bonchev–Trinajstić information content (AvgIpc) is 3.33. The third-order valence-electron chi connectivity index (χ3n) is 4.24. The van der Waals surface area contributed by atoms with Crippen LogP contribution >= 0.6 is 11.6 Å². The van der Waals surface area contributed by atoms with E-state index in [1.165, 1.54) is 5.56 Å². The Balaban J connectivity index is 1.87. The first kappa shape index (κ1) is 15.1. The normalized spacial score (nSPS) is 15.4. The Morgan fingerprint density at radius 2 is 1.68 bits per heavy atom. The Labute approximate surface area is 136 Å². The first-order chi connectivity index (χ1) is 10.6. The molecule has 0 N–H and O–H groups in total. The van der Waals surface area contributed by atoms with Gasteiger partial charge in [0.1, 0.15) is 0 Å². The molecule has 1 aliphatic rings. The van der Waals surface area contributed by atoms with Gasteiger partial charge in [-0.1, -0.05) is 41.4 Å². The van der Waals surface area contributed by atoms with Crippen molar-refractivity contribution in [3.63, 3.8) is 0 Å². The lowest BCUT2D eigenvalue weighted by atomic mass is 10.0. The van der Waals surface area contributed by atoms with Crippen molar-refractivity contribution < 1.29 is 4.79 Å². The third kappa shape index (κ3) is 3.17. The second-order valence-electron chi connectivity index (χ2n) is 6.04. The molecule has 0 spiro atoms. The van der Waals surface area contributed by atoms with Gasteiger partial charge in [-0.2, -0.15) is 0 Å². The second-order valence-corrected chi connectivity index (χ2v) is 6.47. The summed E-state index contributed by atoms with van der Waals surface area (Å²) in [6, 6.07) is 16.0. The highest BCUT2D eigenvalue weighted by molar-refractivity contribution is 6.30. The van der Waals surface area contributed by atoms with Crippen molar-refractivity contribution in [2.45, 2.75) is 38.8 Å². The van der Waals surface area contributed by atoms with E-state index in [-0.39, 0.29) is 11.9 Å². The predicted octanol–water partition coefficient (Wildman–Crippen LogP) is 5.01. The van der Waals surface area contributed by atoms with Crippen molar-refractivity contribution in [2.75, 3.05) is 0 Å². The molecule has 3 heteroatoms. The highest BCUT2D eigenvalue weighted by Crippen LogP contribution is 2.35. The highest BCUT2D eigenvalue weighted by atomic mass is 35.5. The summed E-state index contributed by atoms with van der Waals surface area (Å²) in [5.74, 6) is 0.116. The summed E-state index contributed by atoms with van der Waals surface area (Å²) in [5.41, 5.74) is 3.05. The molecule has 114 valence electrons. The van der Waals surface area contributed by atoms with Gasteiger partial charge in [0, 0.05) is 16.6 Å². The number of benzene rings is 2. The van der Waals surface area contributed by atoms with Gasteiger partial charge in [0.25, 0.3) is 5.91 Å². The maximum absolute atomic E-state index is 12.9. The Kier molecular flexibility index (Phi) is 4.21. The summed E-state index contributed by atoms with van der Waals surface area (Å²) < 4.78 is 0. The van der Waals surface area contributed by atoms with Gasteiger partial charge in [0.15, 0.2) is 0 Å². The van der Waals surface area contributed by atoms with Crippen LogP contribution in [0.4, 0.5) is 0 Å². The lowest BCUT2D eigenvalue weighted by Gasteiger charge is -2.30. The first-order valence-electron chi connectivity index (χ1n) is 7.71. The first-order valence-corrected chi connectivity index (χ1v) is 8.09. The molecule has 2 nitrogen and oxygen atoms in total. The van der Waals surface area contributed by atoms with Crippen LogP contribution in [0.25, 0.3) is 0 Å². The van der Waals surface area contributed by atoms with Crippen LogP contribution in [0.1, 0.15) is 47.3 Å². The van der Waals surface area contributed by atoms with Crippen LogP contribution in [0.2, 0.25) is 5.02 Å². The molecule has 1 atom stereocenters. The van der Waals surface area contributed by atoms with E-state index in [1.54, 1.807) is 0 Å². The van der Waals surface area contributed by atoms with E-state index in [0.29, 0.717) is 6.04 Å². The van der Waals surface area contributed by atoms with Crippen LogP contribution in [0.15, 0.2) is 48.5 Å². The smallest absolute Gasteiger partial charge is 0.254 e. The van der Waals surface area contributed by atoms with Crippen molar-refractivity contribution >= 4 is 17.5 Å². The molecule has 0 radical (unpaired) electrons. The van der Waals surface area contributed by atoms with Crippen molar-refractivity contribution in [1.82, 2.24) is 4.90 Å². The zero-order valence-electron chi connectivity index (χ0n) is 12.9. The van der Waals surface area contributed by atoms with E-state index >= 15 is 0 Å². The molecule has 1 unspecified atom stereocenters. The lowest BCUT2D eigenvalue weighted by Crippen LogP contribution is -2.35. The number of hydrogen-bond acceptors (Lipinski definition) is 1. The molecule has 3 rings (SSSR count). The van der Waals surface area contributed by atoms with Crippen molar-refractivity contribution in [3.8, 4) is 0 Å². The number of halogens is 1. The summed E-state index contributed by atoms with van der Waals surface area (Å²) in [6.45, 7) is 4.12. The average molecular weight is 314 g/mol. The fourth-order valence-corrected chi connectivity index (χ4v) is 2.88. The molecule has 0 aromatic heterocycles. The molecule has 0 saturated heterocycles. The van der Waals surface area contributed by atoms with E-state index in [9.17, 15) is 4.79 Å². The number of carbonyl (C=O) groups excluding carboxylic acids is 1. The molecule has 1 saturated carbocycles. The van der Waals surface area contributed by atoms with Gasteiger partial charge in [-0.05, 0) is 56.5 Å². The SMILES string of the molecule is Cc1ccc(C(=O)N(C2CC2)C(C)c2ccc(Cl)cc2)cc1. The largest absolute Gasteiger partial charge is 0.329 e. The van der Waals surface area contributed by atoms with E-state index in [4.69, 9.17) is 11.6 Å². The third-order valence-corrected chi connectivity index (χ3v) is 4.49. The summed E-state index contributed by atoms with van der Waals surface area (Å²) in [4.78, 5) is 14.9. The quantitative estimate of drug-likeness (QED) is 0.776. The molecular weight excluding hydrogens is 294 g/mol. The standard InChI is InChI=1S/C19H20ClNO/c1-13-3-5-16(6-4-13)19(22)21(18-11-12-18)14(2)15-7-9-17(20)10-8-15/h3-10,14,18H,11-12H2,1-2H3. The molecule has 1 amide bonds. The van der Waals surface area contributed by atoms with Crippen LogP contribution in [-0.4, -0.2) is 16.8 Å². The fraction of sp³-hybridized carbons (Fsp3) is 0.316. The highest BCUT2D eigenvalue weighted by Gasteiger charge is 2.36. The number of hydrogen-bond donors (Lipinski definition) is 0. The van der Waals surface area contributed by atoms with E-state index in [2.05, 4.69) is 6.92 Å². The van der Waals surface area contributed by atoms with Gasteiger partial charge in [0.2, 0.25) is 0 Å². The van der Waals surface area contributed by atoms with Crippen LogP contribution < -0.4 is 0 Å². The van der Waals surface area contributed by atoms with Gasteiger partial charge < -0.3 is 4.90 Å². The molecule has 0 bridgehead atoms. The van der Waals surface area contributed by atoms with Gasteiger partial charge in [-0.25, -0.2) is 0 Å². The summed E-state index contributed by atoms with van der Waals surface area (Å²) in [6.07, 6.45) is 2.19. The molecule has 0 aliphatic heterocycles. The van der Waals surface area contributed by atoms with Crippen LogP contribution in [0.3, 0.4) is 0 Å². The maximum atomic E-state index is 12.9. The predicted molar refractivity (Wildman–Crippen MR) is 90.2 cm³/mol. The summed E-state index contributed by atoms with van der Waals surface area (Å²) in [7, 11) is 0. The molecule has 1 aliphatic carbocycles. The molecule has 2 aromatic carbocycles. The Hall–Kier alpha value is -1.80. The molecule has 0 heterocycles. The van der Waals surface area contributed by atoms with Gasteiger partial charge in [-0.3, -0.25) is 4.79 Å².